The van der Waals surface area contributed by atoms with Crippen LogP contribution in [0.4, 0.5) is 0 Å². The van der Waals surface area contributed by atoms with Gasteiger partial charge in [-0.05, 0) is 25.0 Å². The fourth-order valence-electron chi connectivity index (χ4n) is 1.73. The number of carbonyl (C=O) groups excluding carboxylic acids is 1. The van der Waals surface area contributed by atoms with E-state index >= 15 is 0 Å². The lowest BCUT2D eigenvalue weighted by molar-refractivity contribution is -0.141. The second-order valence-corrected chi connectivity index (χ2v) is 6.25. The molecule has 1 unspecified atom stereocenters. The summed E-state index contributed by atoms with van der Waals surface area (Å²) in [6.45, 7) is 1.88. The molecule has 0 saturated heterocycles. The summed E-state index contributed by atoms with van der Waals surface area (Å²) in [5, 5.41) is 8.93. The minimum absolute atomic E-state index is 0.109. The first-order valence-electron chi connectivity index (χ1n) is 5.78. The van der Waals surface area contributed by atoms with Gasteiger partial charge in [0.15, 0.2) is 0 Å². The summed E-state index contributed by atoms with van der Waals surface area (Å²) in [5.74, 6) is -1.54. The number of halogens is 1. The van der Waals surface area contributed by atoms with Gasteiger partial charge in [0, 0.05) is 12.6 Å². The molecule has 2 rings (SSSR count). The van der Waals surface area contributed by atoms with Crippen molar-refractivity contribution in [2.45, 2.75) is 25.8 Å². The van der Waals surface area contributed by atoms with E-state index < -0.39 is 11.9 Å². The highest BCUT2D eigenvalue weighted by atomic mass is 35.5. The second-order valence-electron chi connectivity index (χ2n) is 4.53. The summed E-state index contributed by atoms with van der Waals surface area (Å²) in [4.78, 5) is 25.4. The van der Waals surface area contributed by atoms with Crippen LogP contribution in [0.5, 0.6) is 0 Å². The molecule has 4 nitrogen and oxygen atoms in total. The Morgan fingerprint density at radius 1 is 1.56 bits per heavy atom. The SMILES string of the molecule is CC(CN(C(=O)c1ccc(Cl)s1)C1CC1)C(=O)O. The molecule has 6 heteroatoms. The molecule has 1 atom stereocenters. The molecule has 18 heavy (non-hydrogen) atoms. The van der Waals surface area contributed by atoms with Crippen LogP contribution in [0.2, 0.25) is 4.34 Å². The number of carboxylic acids is 1. The largest absolute Gasteiger partial charge is 0.481 e. The molecule has 1 aromatic rings. The first kappa shape index (κ1) is 13.4. The Morgan fingerprint density at radius 3 is 2.67 bits per heavy atom. The number of rotatable bonds is 5. The van der Waals surface area contributed by atoms with Crippen molar-refractivity contribution in [3.63, 3.8) is 0 Å². The Labute approximate surface area is 114 Å². The average Bonchev–Trinajstić information content (AvgIpc) is 3.07. The van der Waals surface area contributed by atoms with E-state index in [0.717, 1.165) is 12.8 Å². The fraction of sp³-hybridized carbons (Fsp3) is 0.500. The first-order chi connectivity index (χ1) is 8.49. The van der Waals surface area contributed by atoms with E-state index in [2.05, 4.69) is 0 Å². The van der Waals surface area contributed by atoms with Crippen LogP contribution in [-0.2, 0) is 4.79 Å². The summed E-state index contributed by atoms with van der Waals surface area (Å²) in [6, 6.07) is 3.57. The molecule has 1 N–H and O–H groups in total. The van der Waals surface area contributed by atoms with Crippen molar-refractivity contribution in [2.75, 3.05) is 6.54 Å². The normalized spacial score (nSPS) is 16.3. The van der Waals surface area contributed by atoms with E-state index in [1.807, 2.05) is 0 Å². The number of hydrogen-bond donors (Lipinski definition) is 1. The molecule has 0 aromatic carbocycles. The van der Waals surface area contributed by atoms with E-state index in [1.165, 1.54) is 11.3 Å². The highest BCUT2D eigenvalue weighted by Gasteiger charge is 2.35. The standard InChI is InChI=1S/C12H14ClNO3S/c1-7(12(16)17)6-14(8-2-3-8)11(15)9-4-5-10(13)18-9/h4-5,7-8H,2-3,6H2,1H3,(H,16,17). The molecule has 0 bridgehead atoms. The zero-order valence-corrected chi connectivity index (χ0v) is 11.5. The average molecular weight is 288 g/mol. The van der Waals surface area contributed by atoms with Crippen molar-refractivity contribution in [2.24, 2.45) is 5.92 Å². The van der Waals surface area contributed by atoms with E-state index in [1.54, 1.807) is 24.0 Å². The molecule has 1 saturated carbocycles. The molecule has 1 fully saturated rings. The molecule has 0 spiro atoms. The number of aliphatic carboxylic acids is 1. The summed E-state index contributed by atoms with van der Waals surface area (Å²) in [6.07, 6.45) is 1.91. The minimum atomic E-state index is -0.877. The van der Waals surface area contributed by atoms with E-state index in [-0.39, 0.29) is 18.5 Å². The maximum atomic E-state index is 12.3. The first-order valence-corrected chi connectivity index (χ1v) is 6.97. The van der Waals surface area contributed by atoms with Crippen molar-refractivity contribution < 1.29 is 14.7 Å². The van der Waals surface area contributed by atoms with Gasteiger partial charge in [-0.25, -0.2) is 0 Å². The molecular weight excluding hydrogens is 274 g/mol. The lowest BCUT2D eigenvalue weighted by Gasteiger charge is -2.23. The third-order valence-electron chi connectivity index (χ3n) is 2.92. The highest BCUT2D eigenvalue weighted by Crippen LogP contribution is 2.31. The van der Waals surface area contributed by atoms with Crippen LogP contribution in [0.1, 0.15) is 29.4 Å². The lowest BCUT2D eigenvalue weighted by atomic mass is 10.1. The van der Waals surface area contributed by atoms with Gasteiger partial charge in [0.2, 0.25) is 0 Å². The van der Waals surface area contributed by atoms with Crippen LogP contribution in [0, 0.1) is 5.92 Å². The Hall–Kier alpha value is -1.07. The van der Waals surface area contributed by atoms with Crippen LogP contribution in [0.25, 0.3) is 0 Å². The molecule has 1 heterocycles. The van der Waals surface area contributed by atoms with Crippen LogP contribution in [0.15, 0.2) is 12.1 Å². The van der Waals surface area contributed by atoms with Gasteiger partial charge in [-0.1, -0.05) is 18.5 Å². The zero-order valence-electron chi connectivity index (χ0n) is 9.93. The quantitative estimate of drug-likeness (QED) is 0.906. The molecule has 1 amide bonds. The molecular formula is C12H14ClNO3S. The van der Waals surface area contributed by atoms with Gasteiger partial charge < -0.3 is 10.0 Å². The summed E-state index contributed by atoms with van der Waals surface area (Å²) in [7, 11) is 0. The topological polar surface area (TPSA) is 57.6 Å². The van der Waals surface area contributed by atoms with Gasteiger partial charge in [-0.15, -0.1) is 11.3 Å². The summed E-state index contributed by atoms with van der Waals surface area (Å²) < 4.78 is 0.570. The smallest absolute Gasteiger partial charge is 0.308 e. The van der Waals surface area contributed by atoms with Gasteiger partial charge in [-0.3, -0.25) is 9.59 Å². The predicted molar refractivity (Wildman–Crippen MR) is 70.2 cm³/mol. The molecule has 1 aliphatic rings. The van der Waals surface area contributed by atoms with Crippen LogP contribution >= 0.6 is 22.9 Å². The number of carbonyl (C=O) groups is 2. The molecule has 1 aromatic heterocycles. The third kappa shape index (κ3) is 3.03. The molecule has 0 radical (unpaired) electrons. The van der Waals surface area contributed by atoms with Gasteiger partial charge in [0.05, 0.1) is 15.1 Å². The maximum absolute atomic E-state index is 12.3. The Kier molecular flexibility index (Phi) is 3.92. The number of nitrogens with zero attached hydrogens (tertiary/aromatic N) is 1. The molecule has 0 aliphatic heterocycles. The van der Waals surface area contributed by atoms with Crippen LogP contribution < -0.4 is 0 Å². The summed E-state index contributed by atoms with van der Waals surface area (Å²) in [5.41, 5.74) is 0. The third-order valence-corrected chi connectivity index (χ3v) is 4.14. The molecule has 98 valence electrons. The van der Waals surface area contributed by atoms with Crippen LogP contribution in [-0.4, -0.2) is 34.5 Å². The van der Waals surface area contributed by atoms with Gasteiger partial charge in [0.25, 0.3) is 5.91 Å². The fourth-order valence-corrected chi connectivity index (χ4v) is 2.73. The number of amides is 1. The van der Waals surface area contributed by atoms with Crippen LogP contribution in [0.3, 0.4) is 0 Å². The summed E-state index contributed by atoms with van der Waals surface area (Å²) >= 11 is 7.05. The van der Waals surface area contributed by atoms with E-state index in [0.29, 0.717) is 9.21 Å². The lowest BCUT2D eigenvalue weighted by Crippen LogP contribution is -2.38. The van der Waals surface area contributed by atoms with Crippen molar-refractivity contribution in [3.05, 3.63) is 21.3 Å². The second kappa shape index (κ2) is 5.28. The maximum Gasteiger partial charge on any atom is 0.308 e. The number of thiophene rings is 1. The minimum Gasteiger partial charge on any atom is -0.481 e. The Balaban J connectivity index is 2.10. The zero-order chi connectivity index (χ0) is 13.3. The van der Waals surface area contributed by atoms with E-state index in [4.69, 9.17) is 16.7 Å². The van der Waals surface area contributed by atoms with Gasteiger partial charge >= 0.3 is 5.97 Å². The number of hydrogen-bond acceptors (Lipinski definition) is 3. The predicted octanol–water partition coefficient (Wildman–Crippen LogP) is 2.73. The Bertz CT molecular complexity index is 470. The molecule has 1 aliphatic carbocycles. The van der Waals surface area contributed by atoms with Gasteiger partial charge in [0.1, 0.15) is 0 Å². The number of carboxylic acid groups (broad SMARTS) is 1. The van der Waals surface area contributed by atoms with Gasteiger partial charge in [-0.2, -0.15) is 0 Å². The van der Waals surface area contributed by atoms with Crippen molar-refractivity contribution in [1.82, 2.24) is 4.90 Å². The van der Waals surface area contributed by atoms with Crippen molar-refractivity contribution >= 4 is 34.8 Å². The van der Waals surface area contributed by atoms with E-state index in [9.17, 15) is 9.59 Å². The van der Waals surface area contributed by atoms with Crippen molar-refractivity contribution in [3.8, 4) is 0 Å². The highest BCUT2D eigenvalue weighted by molar-refractivity contribution is 7.17. The monoisotopic (exact) mass is 287 g/mol. The Morgan fingerprint density at radius 2 is 2.22 bits per heavy atom. The van der Waals surface area contributed by atoms with Crippen molar-refractivity contribution in [1.29, 1.82) is 0 Å².